The maximum Gasteiger partial charge on any atom is 0.410 e. The fourth-order valence-corrected chi connectivity index (χ4v) is 2.85. The van der Waals surface area contributed by atoms with E-state index in [0.29, 0.717) is 23.5 Å². The minimum atomic E-state index is -0.612. The van der Waals surface area contributed by atoms with Crippen LogP contribution in [-0.2, 0) is 14.3 Å². The molecule has 2 heterocycles. The molecule has 2 amide bonds. The van der Waals surface area contributed by atoms with E-state index in [1.165, 1.54) is 23.3 Å². The van der Waals surface area contributed by atoms with Crippen molar-refractivity contribution in [3.05, 3.63) is 17.0 Å². The quantitative estimate of drug-likeness (QED) is 0.855. The minimum absolute atomic E-state index is 0.300. The van der Waals surface area contributed by atoms with Crippen molar-refractivity contribution in [1.29, 1.82) is 0 Å². The molecule has 23 heavy (non-hydrogen) atoms. The van der Waals surface area contributed by atoms with E-state index < -0.39 is 23.7 Å². The number of amides is 2. The van der Waals surface area contributed by atoms with Gasteiger partial charge in [0.15, 0.2) is 0 Å². The number of hydrogen-bond acceptors (Lipinski definition) is 6. The van der Waals surface area contributed by atoms with Gasteiger partial charge < -0.3 is 14.8 Å². The van der Waals surface area contributed by atoms with Crippen molar-refractivity contribution < 1.29 is 23.9 Å². The third-order valence-electron chi connectivity index (χ3n) is 3.26. The van der Waals surface area contributed by atoms with Gasteiger partial charge in [0.25, 0.3) is 0 Å². The molecule has 1 fully saturated rings. The van der Waals surface area contributed by atoms with E-state index in [9.17, 15) is 14.4 Å². The third-order valence-corrected chi connectivity index (χ3v) is 4.09. The summed E-state index contributed by atoms with van der Waals surface area (Å²) in [5.74, 6) is -0.853. The molecule has 1 aromatic heterocycles. The van der Waals surface area contributed by atoms with Gasteiger partial charge in [0.1, 0.15) is 16.6 Å². The Hall–Kier alpha value is -2.09. The Morgan fingerprint density at radius 2 is 2.04 bits per heavy atom. The highest BCUT2D eigenvalue weighted by Gasteiger charge is 2.40. The molecule has 0 aromatic carbocycles. The standard InChI is InChI=1S/C15H20N2O5S/c1-15(2,3)22-14(20)17-7-5-10(17)11(18)16-12-9(6-8-23-12)13(19)21-4/h6,8,10H,5,7H2,1-4H3,(H,16,18)/t10-/m1/s1. The topological polar surface area (TPSA) is 84.9 Å². The van der Waals surface area contributed by atoms with Crippen LogP contribution in [0.3, 0.4) is 0 Å². The number of rotatable bonds is 3. The second-order valence-electron chi connectivity index (χ2n) is 6.12. The van der Waals surface area contributed by atoms with Crippen molar-refractivity contribution in [3.63, 3.8) is 0 Å². The molecule has 0 radical (unpaired) electrons. The van der Waals surface area contributed by atoms with Gasteiger partial charge in [0.2, 0.25) is 5.91 Å². The summed E-state index contributed by atoms with van der Waals surface area (Å²) in [5.41, 5.74) is -0.312. The lowest BCUT2D eigenvalue weighted by atomic mass is 10.0. The Bertz CT molecular complexity index is 620. The summed E-state index contributed by atoms with van der Waals surface area (Å²) in [5, 5.41) is 4.79. The highest BCUT2D eigenvalue weighted by atomic mass is 32.1. The molecule has 8 heteroatoms. The Labute approximate surface area is 138 Å². The number of methoxy groups -OCH3 is 1. The van der Waals surface area contributed by atoms with Gasteiger partial charge in [0.05, 0.1) is 12.7 Å². The summed E-state index contributed by atoms with van der Waals surface area (Å²) >= 11 is 1.23. The number of carbonyl (C=O) groups excluding carboxylic acids is 3. The first-order chi connectivity index (χ1) is 10.7. The van der Waals surface area contributed by atoms with Crippen molar-refractivity contribution in [2.24, 2.45) is 0 Å². The first-order valence-electron chi connectivity index (χ1n) is 7.19. The molecular formula is C15H20N2O5S. The van der Waals surface area contributed by atoms with Crippen LogP contribution in [0.25, 0.3) is 0 Å². The summed E-state index contributed by atoms with van der Waals surface area (Å²) in [7, 11) is 1.28. The second-order valence-corrected chi connectivity index (χ2v) is 7.04. The van der Waals surface area contributed by atoms with E-state index in [2.05, 4.69) is 10.1 Å². The molecule has 1 saturated heterocycles. The van der Waals surface area contributed by atoms with E-state index in [1.807, 2.05) is 0 Å². The van der Waals surface area contributed by atoms with Crippen molar-refractivity contribution in [1.82, 2.24) is 4.90 Å². The molecule has 0 bridgehead atoms. The van der Waals surface area contributed by atoms with Crippen LogP contribution in [-0.4, -0.2) is 48.2 Å². The number of anilines is 1. The van der Waals surface area contributed by atoms with Gasteiger partial charge >= 0.3 is 12.1 Å². The average molecular weight is 340 g/mol. The normalized spacial score (nSPS) is 17.2. The van der Waals surface area contributed by atoms with Gasteiger partial charge in [-0.3, -0.25) is 9.69 Å². The van der Waals surface area contributed by atoms with Crippen LogP contribution in [0.1, 0.15) is 37.6 Å². The molecular weight excluding hydrogens is 320 g/mol. The van der Waals surface area contributed by atoms with Crippen molar-refractivity contribution in [2.45, 2.75) is 38.8 Å². The molecule has 1 aromatic rings. The molecule has 126 valence electrons. The van der Waals surface area contributed by atoms with Crippen LogP contribution < -0.4 is 5.32 Å². The molecule has 1 aliphatic heterocycles. The molecule has 2 rings (SSSR count). The predicted octanol–water partition coefficient (Wildman–Crippen LogP) is 2.48. The van der Waals surface area contributed by atoms with E-state index in [4.69, 9.17) is 4.74 Å². The first-order valence-corrected chi connectivity index (χ1v) is 8.07. The zero-order chi connectivity index (χ0) is 17.2. The fourth-order valence-electron chi connectivity index (χ4n) is 2.07. The van der Waals surface area contributed by atoms with Gasteiger partial charge in [-0.1, -0.05) is 0 Å². The van der Waals surface area contributed by atoms with E-state index in [-0.39, 0.29) is 5.91 Å². The Balaban J connectivity index is 2.00. The van der Waals surface area contributed by atoms with Crippen LogP contribution in [0.2, 0.25) is 0 Å². The van der Waals surface area contributed by atoms with Gasteiger partial charge in [-0.15, -0.1) is 11.3 Å². The van der Waals surface area contributed by atoms with Crippen LogP contribution >= 0.6 is 11.3 Å². The van der Waals surface area contributed by atoms with E-state index >= 15 is 0 Å². The Kier molecular flexibility index (Phi) is 4.93. The number of esters is 1. The molecule has 1 atom stereocenters. The Morgan fingerprint density at radius 3 is 2.57 bits per heavy atom. The van der Waals surface area contributed by atoms with Gasteiger partial charge in [-0.2, -0.15) is 0 Å². The van der Waals surface area contributed by atoms with Crippen LogP contribution in [0.15, 0.2) is 11.4 Å². The molecule has 1 aliphatic rings. The van der Waals surface area contributed by atoms with Crippen LogP contribution in [0, 0.1) is 0 Å². The SMILES string of the molecule is COC(=O)c1ccsc1NC(=O)[C@H]1CCN1C(=O)OC(C)(C)C. The third kappa shape index (κ3) is 4.01. The summed E-state index contributed by atoms with van der Waals surface area (Å²) in [6.07, 6.45) is 0.0487. The Morgan fingerprint density at radius 1 is 1.35 bits per heavy atom. The van der Waals surface area contributed by atoms with Crippen molar-refractivity contribution >= 4 is 34.3 Å². The number of nitrogens with one attached hydrogen (secondary N) is 1. The van der Waals surface area contributed by atoms with Crippen molar-refractivity contribution in [2.75, 3.05) is 19.0 Å². The van der Waals surface area contributed by atoms with Gasteiger partial charge in [-0.25, -0.2) is 9.59 Å². The highest BCUT2D eigenvalue weighted by Crippen LogP contribution is 2.27. The molecule has 1 N–H and O–H groups in total. The maximum absolute atomic E-state index is 12.3. The maximum atomic E-state index is 12.3. The number of thiophene rings is 1. The largest absolute Gasteiger partial charge is 0.465 e. The van der Waals surface area contributed by atoms with Crippen LogP contribution in [0.4, 0.5) is 9.80 Å². The van der Waals surface area contributed by atoms with E-state index in [0.717, 1.165) is 0 Å². The molecule has 0 unspecified atom stereocenters. The van der Waals surface area contributed by atoms with E-state index in [1.54, 1.807) is 32.2 Å². The molecule has 0 saturated carbocycles. The summed E-state index contributed by atoms with van der Waals surface area (Å²) in [4.78, 5) is 37.4. The summed E-state index contributed by atoms with van der Waals surface area (Å²) in [6.45, 7) is 5.79. The van der Waals surface area contributed by atoms with Crippen LogP contribution in [0.5, 0.6) is 0 Å². The molecule has 7 nitrogen and oxygen atoms in total. The second kappa shape index (κ2) is 6.57. The lowest BCUT2D eigenvalue weighted by molar-refractivity contribution is -0.125. The molecule has 0 aliphatic carbocycles. The fraction of sp³-hybridized carbons (Fsp3) is 0.533. The van der Waals surface area contributed by atoms with Crippen molar-refractivity contribution in [3.8, 4) is 0 Å². The zero-order valence-corrected chi connectivity index (χ0v) is 14.4. The lowest BCUT2D eigenvalue weighted by Crippen LogP contribution is -2.57. The summed E-state index contributed by atoms with van der Waals surface area (Å²) in [6, 6.07) is 0.996. The average Bonchev–Trinajstić information content (AvgIpc) is 2.82. The molecule has 0 spiro atoms. The first kappa shape index (κ1) is 17.3. The predicted molar refractivity (Wildman–Crippen MR) is 85.6 cm³/mol. The number of likely N-dealkylation sites (tertiary alicyclic amines) is 1. The number of ether oxygens (including phenoxy) is 2. The number of hydrogen-bond donors (Lipinski definition) is 1. The lowest BCUT2D eigenvalue weighted by Gasteiger charge is -2.40. The minimum Gasteiger partial charge on any atom is -0.465 e. The summed E-state index contributed by atoms with van der Waals surface area (Å²) < 4.78 is 9.94. The highest BCUT2D eigenvalue weighted by molar-refractivity contribution is 7.14. The van der Waals surface area contributed by atoms with Gasteiger partial charge in [-0.05, 0) is 38.6 Å². The zero-order valence-electron chi connectivity index (χ0n) is 13.5. The monoisotopic (exact) mass is 340 g/mol. The smallest absolute Gasteiger partial charge is 0.410 e. The van der Waals surface area contributed by atoms with Gasteiger partial charge in [0, 0.05) is 6.54 Å². The number of carbonyl (C=O) groups is 3. The number of nitrogens with zero attached hydrogens (tertiary/aromatic N) is 1.